The molecule has 0 unspecified atom stereocenters. The Labute approximate surface area is 132 Å². The van der Waals surface area contributed by atoms with E-state index < -0.39 is 0 Å². The van der Waals surface area contributed by atoms with Gasteiger partial charge in [0.1, 0.15) is 5.75 Å². The number of para-hydroxylation sites is 1. The van der Waals surface area contributed by atoms with E-state index >= 15 is 0 Å². The maximum atomic E-state index is 11.1. The van der Waals surface area contributed by atoms with Crippen molar-refractivity contribution >= 4 is 57.4 Å². The average molecular weight is 228 g/mol. The molecule has 0 atom stereocenters. The van der Waals surface area contributed by atoms with Gasteiger partial charge >= 0.3 is 57.4 Å². The molecule has 0 bridgehead atoms. The van der Waals surface area contributed by atoms with Crippen LogP contribution in [0.5, 0.6) is 5.75 Å². The Morgan fingerprint density at radius 3 is 2.47 bits per heavy atom. The van der Waals surface area contributed by atoms with Crippen LogP contribution in [0, 0.1) is 0 Å². The molecule has 1 aromatic carbocycles. The molecule has 0 radical (unpaired) electrons. The van der Waals surface area contributed by atoms with Crippen molar-refractivity contribution < 1.29 is 9.53 Å². The third kappa shape index (κ3) is 6.81. The Hall–Kier alpha value is -0.194. The molecule has 2 nitrogen and oxygen atoms in total. The number of benzene rings is 1. The van der Waals surface area contributed by atoms with Gasteiger partial charge in [0.2, 0.25) is 0 Å². The van der Waals surface area contributed by atoms with Crippen LogP contribution >= 0.6 is 0 Å². The molecule has 1 rings (SSSR count). The van der Waals surface area contributed by atoms with Gasteiger partial charge in [0.05, 0.1) is 0 Å². The van der Waals surface area contributed by atoms with Crippen molar-refractivity contribution in [1.29, 1.82) is 0 Å². The second kappa shape index (κ2) is 9.06. The molecule has 15 heavy (non-hydrogen) atoms. The fourth-order valence-electron chi connectivity index (χ4n) is 0.884. The van der Waals surface area contributed by atoms with Crippen LogP contribution in [0.1, 0.15) is 6.92 Å². The van der Waals surface area contributed by atoms with E-state index in [4.69, 9.17) is 4.74 Å². The third-order valence-corrected chi connectivity index (χ3v) is 1.50. The molecule has 0 aliphatic carbocycles. The topological polar surface area (TPSA) is 26.3 Å². The Kier molecular flexibility index (Phi) is 8.95. The van der Waals surface area contributed by atoms with E-state index in [-0.39, 0.29) is 57.4 Å². The number of carbonyl (C=O) groups excluding carboxylic acids is 1. The second-order valence-corrected chi connectivity index (χ2v) is 2.62. The Balaban J connectivity index is 0.00000196. The van der Waals surface area contributed by atoms with Crippen LogP contribution in [0.2, 0.25) is 0 Å². The summed E-state index contributed by atoms with van der Waals surface area (Å²) in [4.78, 5) is 11.1. The summed E-state index contributed by atoms with van der Waals surface area (Å²) in [5.41, 5.74) is 0. The molecule has 0 spiro atoms. The molecular weight excluding hydrogens is 215 g/mol. The first kappa shape index (κ1) is 14.8. The second-order valence-electron chi connectivity index (χ2n) is 2.62. The Morgan fingerprint density at radius 2 is 1.87 bits per heavy atom. The van der Waals surface area contributed by atoms with Crippen molar-refractivity contribution in [1.82, 2.24) is 0 Å². The van der Waals surface area contributed by atoms with Gasteiger partial charge in [0.25, 0.3) is 0 Å². The number of rotatable bonds is 3. The Bertz CT molecular complexity index is 342. The molecule has 0 fully saturated rings. The molecule has 0 saturated heterocycles. The van der Waals surface area contributed by atoms with Gasteiger partial charge in [-0.1, -0.05) is 36.4 Å². The van der Waals surface area contributed by atoms with Crippen molar-refractivity contribution in [2.75, 3.05) is 0 Å². The van der Waals surface area contributed by atoms with Crippen LogP contribution in [0.3, 0.4) is 0 Å². The first-order valence-corrected chi connectivity index (χ1v) is 4.39. The predicted octanol–water partition coefficient (Wildman–Crippen LogP) is 2.08. The minimum atomic E-state index is -0.366. The summed E-state index contributed by atoms with van der Waals surface area (Å²) in [6.07, 6.45) is 6.64. The minimum absolute atomic E-state index is 0. The molecule has 0 aliphatic heterocycles. The van der Waals surface area contributed by atoms with Crippen LogP contribution in [0.15, 0.2) is 54.6 Å². The van der Waals surface area contributed by atoms with Crippen molar-refractivity contribution in [2.24, 2.45) is 0 Å². The third-order valence-electron chi connectivity index (χ3n) is 1.50. The average Bonchev–Trinajstić information content (AvgIpc) is 2.20. The normalized spacial score (nSPS) is 10.2. The number of esters is 1. The van der Waals surface area contributed by atoms with E-state index in [9.17, 15) is 4.79 Å². The summed E-state index contributed by atoms with van der Waals surface area (Å²) in [5, 5.41) is 0. The van der Waals surface area contributed by atoms with E-state index in [1.807, 2.05) is 31.2 Å². The van der Waals surface area contributed by atoms with Crippen LogP contribution in [0.4, 0.5) is 0 Å². The first-order valence-electron chi connectivity index (χ1n) is 4.39. The maximum absolute atomic E-state index is 11.1. The van der Waals surface area contributed by atoms with E-state index in [0.29, 0.717) is 5.75 Å². The van der Waals surface area contributed by atoms with Crippen LogP contribution in [-0.2, 0) is 4.79 Å². The zero-order valence-electron chi connectivity index (χ0n) is 8.01. The summed E-state index contributed by atoms with van der Waals surface area (Å²) in [6.45, 7) is 1.88. The van der Waals surface area contributed by atoms with E-state index in [0.717, 1.165) is 0 Å². The molecule has 3 heteroatoms. The van der Waals surface area contributed by atoms with Gasteiger partial charge in [0, 0.05) is 6.08 Å². The molecular formula is C12H13KO2. The monoisotopic (exact) mass is 228 g/mol. The summed E-state index contributed by atoms with van der Waals surface area (Å²) < 4.78 is 5.00. The number of carbonyl (C=O) groups is 1. The molecule has 74 valence electrons. The zero-order valence-corrected chi connectivity index (χ0v) is 8.01. The molecule has 0 N–H and O–H groups in total. The number of hydrogen-bond acceptors (Lipinski definition) is 2. The van der Waals surface area contributed by atoms with Gasteiger partial charge < -0.3 is 4.74 Å². The van der Waals surface area contributed by atoms with Gasteiger partial charge in [0.15, 0.2) is 0 Å². The van der Waals surface area contributed by atoms with E-state index in [1.54, 1.807) is 24.3 Å². The van der Waals surface area contributed by atoms with Crippen LogP contribution < -0.4 is 4.74 Å². The standard InChI is InChI=1S/C12H12O2.K.H/c1-2-3-5-10-12(13)14-11-8-6-4-7-9-11;;/h2-10H,1H3;;/b3-2+,10-5+;;. The number of hydrogen-bond donors (Lipinski definition) is 0. The molecule has 0 aliphatic rings. The molecule has 0 heterocycles. The van der Waals surface area contributed by atoms with Crippen LogP contribution in [-0.4, -0.2) is 57.4 Å². The summed E-state index contributed by atoms with van der Waals surface area (Å²) >= 11 is 0. The van der Waals surface area contributed by atoms with E-state index in [2.05, 4.69) is 0 Å². The molecule has 1 aromatic rings. The fourth-order valence-corrected chi connectivity index (χ4v) is 0.884. The number of ether oxygens (including phenoxy) is 1. The number of allylic oxidation sites excluding steroid dienone is 3. The fraction of sp³-hybridized carbons (Fsp3) is 0.0833. The molecule has 0 amide bonds. The van der Waals surface area contributed by atoms with Gasteiger partial charge in [-0.3, -0.25) is 0 Å². The van der Waals surface area contributed by atoms with Gasteiger partial charge in [-0.25, -0.2) is 4.79 Å². The summed E-state index contributed by atoms with van der Waals surface area (Å²) in [6, 6.07) is 8.98. The SMILES string of the molecule is C/C=C/C=C/C(=O)Oc1ccccc1.[KH]. The van der Waals surface area contributed by atoms with Crippen molar-refractivity contribution in [3.05, 3.63) is 54.6 Å². The summed E-state index contributed by atoms with van der Waals surface area (Å²) in [5.74, 6) is 0.192. The van der Waals surface area contributed by atoms with Crippen molar-refractivity contribution in [2.45, 2.75) is 6.92 Å². The molecule has 0 saturated carbocycles. The van der Waals surface area contributed by atoms with Crippen LogP contribution in [0.25, 0.3) is 0 Å². The first-order chi connectivity index (χ1) is 6.83. The van der Waals surface area contributed by atoms with Gasteiger partial charge in [-0.2, -0.15) is 0 Å². The van der Waals surface area contributed by atoms with Crippen molar-refractivity contribution in [3.63, 3.8) is 0 Å². The zero-order chi connectivity index (χ0) is 10.2. The Morgan fingerprint density at radius 1 is 1.20 bits per heavy atom. The van der Waals surface area contributed by atoms with Crippen molar-refractivity contribution in [3.8, 4) is 5.75 Å². The predicted molar refractivity (Wildman–Crippen MR) is 63.2 cm³/mol. The van der Waals surface area contributed by atoms with E-state index in [1.165, 1.54) is 6.08 Å². The summed E-state index contributed by atoms with van der Waals surface area (Å²) in [7, 11) is 0. The van der Waals surface area contributed by atoms with Gasteiger partial charge in [-0.15, -0.1) is 0 Å². The quantitative estimate of drug-likeness (QED) is 0.260. The molecule has 0 aromatic heterocycles. The van der Waals surface area contributed by atoms with Gasteiger partial charge in [-0.05, 0) is 19.1 Å².